The summed E-state index contributed by atoms with van der Waals surface area (Å²) in [4.78, 5) is 84.4. The number of carbonyl (C=O) groups is 1. The Morgan fingerprint density at radius 3 is 2.32 bits per heavy atom. The van der Waals surface area contributed by atoms with Gasteiger partial charge in [0.2, 0.25) is 5.91 Å². The Morgan fingerprint density at radius 2 is 1.63 bits per heavy atom. The summed E-state index contributed by atoms with van der Waals surface area (Å²) in [5.41, 5.74) is 8.69. The second-order valence-electron chi connectivity index (χ2n) is 18.7. The van der Waals surface area contributed by atoms with E-state index in [1.165, 1.54) is 15.8 Å². The minimum absolute atomic E-state index is 0.0181. The Balaban J connectivity index is 0.763. The number of nitrogens with zero attached hydrogens (tertiary/aromatic N) is 5. The van der Waals surface area contributed by atoms with Crippen LogP contribution in [0.25, 0.3) is 27.2 Å². The number of hydrogen-bond donors (Lipinski definition) is 4. The third kappa shape index (κ3) is 8.11. The maximum atomic E-state index is 13.0. The Bertz CT molecular complexity index is 3240. The molecule has 0 radical (unpaired) electrons. The van der Waals surface area contributed by atoms with Gasteiger partial charge in [0.1, 0.15) is 39.9 Å². The number of nitrogens with one attached hydrogen (secondary N) is 4. The van der Waals surface area contributed by atoms with Crippen molar-refractivity contribution < 1.29 is 28.8 Å². The van der Waals surface area contributed by atoms with Crippen LogP contribution in [0.1, 0.15) is 92.4 Å². The average molecular weight is 912 g/mol. The van der Waals surface area contributed by atoms with E-state index in [0.29, 0.717) is 59.7 Å². The lowest BCUT2D eigenvalue weighted by Crippen LogP contribution is -2.54. The first kappa shape index (κ1) is 45.7. The van der Waals surface area contributed by atoms with Gasteiger partial charge in [-0.1, -0.05) is 39.0 Å². The zero-order valence-corrected chi connectivity index (χ0v) is 38.6. The van der Waals surface area contributed by atoms with E-state index in [1.807, 2.05) is 30.0 Å². The number of piperidine rings is 2. The number of benzene rings is 3. The van der Waals surface area contributed by atoms with Crippen LogP contribution < -0.4 is 31.5 Å². The fourth-order valence-electron chi connectivity index (χ4n) is 11.1. The van der Waals surface area contributed by atoms with E-state index >= 15 is 0 Å². The molecule has 4 N–H and O–H groups in total. The molecule has 3 aliphatic heterocycles. The van der Waals surface area contributed by atoms with Gasteiger partial charge in [-0.15, -0.1) is 0 Å². The van der Waals surface area contributed by atoms with Crippen molar-refractivity contribution >= 4 is 74.2 Å². The smallest absolute Gasteiger partial charge is 0.234 e. The van der Waals surface area contributed by atoms with Gasteiger partial charge < -0.3 is 30.4 Å². The SMILES string of the molecule is CCc1cc2c(cc1N1CCC(N3CCN(CC(=O)NCCCNc4cccc5c(=C=O)n(C6CCC(=C=O)NC6=C=O)c(=C=O)c45)CC3)CC1)C(C)(C)c1[nH]c3cc(C#N)ccc3c1C2=C=O. The van der Waals surface area contributed by atoms with Gasteiger partial charge in [0.25, 0.3) is 0 Å². The second-order valence-corrected chi connectivity index (χ2v) is 18.7. The van der Waals surface area contributed by atoms with Gasteiger partial charge in [0, 0.05) is 115 Å². The van der Waals surface area contributed by atoms with Crippen molar-refractivity contribution in [3.8, 4) is 6.07 Å². The van der Waals surface area contributed by atoms with E-state index in [4.69, 9.17) is 0 Å². The van der Waals surface area contributed by atoms with Gasteiger partial charge in [0.15, 0.2) is 11.9 Å². The van der Waals surface area contributed by atoms with Gasteiger partial charge in [-0.3, -0.25) is 14.6 Å². The van der Waals surface area contributed by atoms with Crippen LogP contribution in [0.4, 0.5) is 11.4 Å². The average Bonchev–Trinajstić information content (AvgIpc) is 3.92. The number of amides is 1. The van der Waals surface area contributed by atoms with Crippen LogP contribution in [-0.2, 0) is 40.6 Å². The largest absolute Gasteiger partial charge is 0.384 e. The van der Waals surface area contributed by atoms with Gasteiger partial charge in [-0.25, -0.2) is 24.0 Å². The summed E-state index contributed by atoms with van der Waals surface area (Å²) < 4.78 is 1.44. The van der Waals surface area contributed by atoms with Crippen molar-refractivity contribution in [2.24, 2.45) is 0 Å². The van der Waals surface area contributed by atoms with E-state index in [-0.39, 0.29) is 40.8 Å². The summed E-state index contributed by atoms with van der Waals surface area (Å²) in [5, 5.41) is 20.7. The zero-order valence-electron chi connectivity index (χ0n) is 38.6. The highest BCUT2D eigenvalue weighted by Gasteiger charge is 2.40. The molecule has 0 bridgehead atoms. The van der Waals surface area contributed by atoms with Crippen LogP contribution >= 0.6 is 0 Å². The number of hydrogen-bond acceptors (Lipinski definition) is 12. The molecule has 3 aromatic carbocycles. The number of nitriles is 1. The summed E-state index contributed by atoms with van der Waals surface area (Å²) >= 11 is 0. The molecule has 5 heterocycles. The molecule has 3 fully saturated rings. The van der Waals surface area contributed by atoms with Crippen LogP contribution in [-0.4, -0.2) is 120 Å². The van der Waals surface area contributed by atoms with Crippen molar-refractivity contribution in [2.75, 3.05) is 69.1 Å². The highest BCUT2D eigenvalue weighted by molar-refractivity contribution is 6.10. The quantitative estimate of drug-likeness (QED) is 0.112. The number of aromatic nitrogens is 2. The Morgan fingerprint density at radius 1 is 0.853 bits per heavy atom. The van der Waals surface area contributed by atoms with Crippen LogP contribution in [0, 0.1) is 11.3 Å². The number of anilines is 2. The minimum atomic E-state index is -0.747. The highest BCUT2D eigenvalue weighted by atomic mass is 16.2. The molecule has 2 aromatic heterocycles. The topological polar surface area (TPSA) is 193 Å². The van der Waals surface area contributed by atoms with Gasteiger partial charge in [0.05, 0.1) is 29.8 Å². The molecule has 1 unspecified atom stereocenters. The molecular formula is C53H53N9O6. The summed E-state index contributed by atoms with van der Waals surface area (Å²) in [6.07, 6.45) is 4.04. The molecule has 0 spiro atoms. The molecule has 1 atom stereocenters. The van der Waals surface area contributed by atoms with Crippen molar-refractivity contribution in [1.82, 2.24) is 30.0 Å². The number of rotatable bonds is 11. The molecule has 0 saturated carbocycles. The van der Waals surface area contributed by atoms with Crippen LogP contribution in [0.3, 0.4) is 0 Å². The molecule has 15 heteroatoms. The predicted octanol–water partition coefficient (Wildman–Crippen LogP) is 3.03. The standard InChI is InChI=1S/C53H53N9O6/c1-4-34-24-39-40(29-64)50-37-11-9-33(26-54)23-43(37)58-52(50)53(2,3)41(39)25-46(34)61-17-13-36(14-18-61)60-21-19-59(20-22-60)27-49(68)56-16-6-15-55-42-8-5-7-38-47(31-66)62(48(32-67)51(38)42)45-12-10-35(28-63)57-44(45)30-65/h5,7-9,11,23-25,36,45,55,57-58H,4,6,10,12-22,27H2,1-3H3,(H,56,68). The van der Waals surface area contributed by atoms with E-state index in [0.717, 1.165) is 91.8 Å². The Labute approximate surface area is 393 Å². The number of fused-ring (bicyclic) bond motifs is 5. The summed E-state index contributed by atoms with van der Waals surface area (Å²) in [5.74, 6) is 9.75. The lowest BCUT2D eigenvalue weighted by Gasteiger charge is -2.44. The first-order chi connectivity index (χ1) is 33.1. The third-order valence-electron chi connectivity index (χ3n) is 14.6. The molecule has 1 amide bonds. The van der Waals surface area contributed by atoms with Crippen molar-refractivity contribution in [2.45, 2.75) is 76.8 Å². The van der Waals surface area contributed by atoms with Crippen molar-refractivity contribution in [3.05, 3.63) is 104 Å². The van der Waals surface area contributed by atoms with Gasteiger partial charge >= 0.3 is 0 Å². The first-order valence-corrected chi connectivity index (χ1v) is 23.5. The van der Waals surface area contributed by atoms with Crippen molar-refractivity contribution in [1.29, 1.82) is 5.26 Å². The number of carbonyl (C=O) groups excluding carboxylic acids is 6. The van der Waals surface area contributed by atoms with E-state index in [1.54, 1.807) is 30.2 Å². The third-order valence-corrected chi connectivity index (χ3v) is 14.6. The minimum Gasteiger partial charge on any atom is -0.384 e. The predicted molar refractivity (Wildman–Crippen MR) is 259 cm³/mol. The summed E-state index contributed by atoms with van der Waals surface area (Å²) in [7, 11) is 0. The molecule has 5 aromatic rings. The summed E-state index contributed by atoms with van der Waals surface area (Å²) in [6.45, 7) is 13.1. The number of piperazine rings is 1. The number of H-pyrrole nitrogens is 1. The normalized spacial score (nSPS) is 18.4. The number of aromatic amines is 1. The molecule has 3 saturated heterocycles. The van der Waals surface area contributed by atoms with Crippen molar-refractivity contribution in [3.63, 3.8) is 0 Å². The lowest BCUT2D eigenvalue weighted by atomic mass is 9.69. The molecule has 68 heavy (non-hydrogen) atoms. The molecule has 9 rings (SSSR count). The van der Waals surface area contributed by atoms with E-state index < -0.39 is 11.5 Å². The fourth-order valence-corrected chi connectivity index (χ4v) is 11.1. The van der Waals surface area contributed by atoms with Crippen LogP contribution in [0.15, 0.2) is 59.9 Å². The number of aryl methyl sites for hydroxylation is 1. The van der Waals surface area contributed by atoms with Crippen LogP contribution in [0.5, 0.6) is 0 Å². The number of allylic oxidation sites excluding steroid dienone is 2. The lowest BCUT2D eigenvalue weighted by molar-refractivity contribution is -0.122. The Hall–Kier alpha value is -7.47. The zero-order chi connectivity index (χ0) is 47.7. The maximum absolute atomic E-state index is 13.0. The fraction of sp³-hybridized carbons (Fsp3) is 0.396. The monoisotopic (exact) mass is 911 g/mol. The highest BCUT2D eigenvalue weighted by Crippen LogP contribution is 2.50. The Kier molecular flexibility index (Phi) is 12.8. The van der Waals surface area contributed by atoms with Gasteiger partial charge in [-0.05, 0) is 79.1 Å². The maximum Gasteiger partial charge on any atom is 0.234 e. The first-order valence-electron chi connectivity index (χ1n) is 23.5. The molecule has 1 aliphatic carbocycles. The molecule has 346 valence electrons. The summed E-state index contributed by atoms with van der Waals surface area (Å²) in [6, 6.07) is 17.3. The van der Waals surface area contributed by atoms with Gasteiger partial charge in [-0.2, -0.15) is 5.26 Å². The second kappa shape index (κ2) is 19.0. The molecular weight excluding hydrogens is 859 g/mol. The van der Waals surface area contributed by atoms with Crippen LogP contribution in [0.2, 0.25) is 0 Å². The molecule has 4 aliphatic rings. The molecule has 15 nitrogen and oxygen atoms in total. The van der Waals surface area contributed by atoms with E-state index in [2.05, 4.69) is 80.5 Å². The van der Waals surface area contributed by atoms with E-state index in [9.17, 15) is 34.0 Å².